The third-order valence-electron chi connectivity index (χ3n) is 6.73. The van der Waals surface area contributed by atoms with E-state index in [2.05, 4.69) is 5.32 Å². The first kappa shape index (κ1) is 29.3. The number of hydrogen-bond donors (Lipinski definition) is 1. The van der Waals surface area contributed by atoms with Gasteiger partial charge in [0.1, 0.15) is 6.04 Å². The van der Waals surface area contributed by atoms with Crippen LogP contribution in [0.2, 0.25) is 10.0 Å². The molecule has 2 aromatic carbocycles. The Hall–Kier alpha value is -2.29. The fraction of sp³-hybridized carbons (Fsp3) is 0.481. The maximum atomic E-state index is 13.5. The zero-order valence-corrected chi connectivity index (χ0v) is 23.9. The average molecular weight is 569 g/mol. The van der Waals surface area contributed by atoms with Gasteiger partial charge in [-0.05, 0) is 57.4 Å². The van der Waals surface area contributed by atoms with Crippen LogP contribution in [0.15, 0.2) is 42.5 Å². The van der Waals surface area contributed by atoms with Gasteiger partial charge in [-0.25, -0.2) is 8.42 Å². The molecule has 0 aromatic heterocycles. The van der Waals surface area contributed by atoms with Crippen molar-refractivity contribution in [1.29, 1.82) is 0 Å². The van der Waals surface area contributed by atoms with Gasteiger partial charge in [0.25, 0.3) is 0 Å². The quantitative estimate of drug-likeness (QED) is 0.398. The zero-order valence-electron chi connectivity index (χ0n) is 21.5. The van der Waals surface area contributed by atoms with Crippen molar-refractivity contribution in [1.82, 2.24) is 10.2 Å². The first-order chi connectivity index (χ1) is 17.5. The average Bonchev–Trinajstić information content (AvgIpc) is 3.34. The number of sulfonamides is 1. The van der Waals surface area contributed by atoms with Crippen LogP contribution >= 0.6 is 23.2 Å². The lowest BCUT2D eigenvalue weighted by Gasteiger charge is -2.30. The number of carbonyl (C=O) groups is 2. The Kier molecular flexibility index (Phi) is 10.3. The van der Waals surface area contributed by atoms with Crippen molar-refractivity contribution in [3.8, 4) is 0 Å². The van der Waals surface area contributed by atoms with Crippen molar-refractivity contribution in [3.05, 3.63) is 63.6 Å². The van der Waals surface area contributed by atoms with Gasteiger partial charge in [0, 0.05) is 41.2 Å². The number of amides is 2. The molecule has 1 aliphatic carbocycles. The Morgan fingerprint density at radius 2 is 1.65 bits per heavy atom. The van der Waals surface area contributed by atoms with Crippen LogP contribution in [-0.2, 0) is 26.2 Å². The standard InChI is InChI=1S/C27H35Cl2N3O4S/c1-19-13-15-22(16-14-19)32(37(3,35)36)17-7-12-26(33)31(18-23-24(28)10-6-11-25(23)29)20(2)27(34)30-21-8-4-5-9-21/h6,10-11,13-16,20-21H,4-5,7-9,12,17-18H2,1-3H3,(H,30,34). The van der Waals surface area contributed by atoms with Gasteiger partial charge in [-0.1, -0.05) is 59.8 Å². The van der Waals surface area contributed by atoms with Crippen LogP contribution in [0.3, 0.4) is 0 Å². The topological polar surface area (TPSA) is 86.8 Å². The molecule has 1 atom stereocenters. The van der Waals surface area contributed by atoms with Gasteiger partial charge < -0.3 is 10.2 Å². The summed E-state index contributed by atoms with van der Waals surface area (Å²) in [6.07, 6.45) is 5.51. The molecular weight excluding hydrogens is 533 g/mol. The Labute approximate surface area is 230 Å². The monoisotopic (exact) mass is 567 g/mol. The van der Waals surface area contributed by atoms with Crippen LogP contribution in [0.5, 0.6) is 0 Å². The van der Waals surface area contributed by atoms with Crippen molar-refractivity contribution in [2.24, 2.45) is 0 Å². The molecule has 10 heteroatoms. The summed E-state index contributed by atoms with van der Waals surface area (Å²) in [5.41, 5.74) is 2.13. The number of carbonyl (C=O) groups excluding carboxylic acids is 2. The summed E-state index contributed by atoms with van der Waals surface area (Å²) in [5, 5.41) is 3.89. The lowest BCUT2D eigenvalue weighted by Crippen LogP contribution is -2.49. The fourth-order valence-electron chi connectivity index (χ4n) is 4.54. The molecule has 0 aliphatic heterocycles. The molecule has 1 saturated carbocycles. The van der Waals surface area contributed by atoms with Crippen LogP contribution in [0.25, 0.3) is 0 Å². The number of halogens is 2. The van der Waals surface area contributed by atoms with Gasteiger partial charge in [-0.3, -0.25) is 13.9 Å². The number of nitrogens with one attached hydrogen (secondary N) is 1. The summed E-state index contributed by atoms with van der Waals surface area (Å²) in [7, 11) is -3.54. The largest absolute Gasteiger partial charge is 0.352 e. The molecule has 2 aromatic rings. The van der Waals surface area contributed by atoms with Crippen LogP contribution in [0.1, 0.15) is 56.6 Å². The molecule has 1 aliphatic rings. The minimum Gasteiger partial charge on any atom is -0.352 e. The Morgan fingerprint density at radius 1 is 1.05 bits per heavy atom. The van der Waals surface area contributed by atoms with E-state index in [9.17, 15) is 18.0 Å². The molecule has 202 valence electrons. The third-order valence-corrected chi connectivity index (χ3v) is 8.64. The van der Waals surface area contributed by atoms with E-state index in [1.807, 2.05) is 19.1 Å². The van der Waals surface area contributed by atoms with Crippen molar-refractivity contribution in [2.45, 2.75) is 71.0 Å². The summed E-state index contributed by atoms with van der Waals surface area (Å²) in [6, 6.07) is 11.7. The van der Waals surface area contributed by atoms with E-state index in [1.165, 1.54) is 9.21 Å². The highest BCUT2D eigenvalue weighted by molar-refractivity contribution is 7.92. The summed E-state index contributed by atoms with van der Waals surface area (Å²) in [5.74, 6) is -0.497. The Balaban J connectivity index is 1.75. The Morgan fingerprint density at radius 3 is 2.22 bits per heavy atom. The fourth-order valence-corrected chi connectivity index (χ4v) is 6.03. The molecule has 7 nitrogen and oxygen atoms in total. The van der Waals surface area contributed by atoms with E-state index >= 15 is 0 Å². The predicted molar refractivity (Wildman–Crippen MR) is 149 cm³/mol. The zero-order chi connectivity index (χ0) is 27.2. The molecule has 0 bridgehead atoms. The molecule has 1 unspecified atom stereocenters. The molecule has 1 N–H and O–H groups in total. The summed E-state index contributed by atoms with van der Waals surface area (Å²) in [4.78, 5) is 28.0. The van der Waals surface area contributed by atoms with Gasteiger partial charge in [0.15, 0.2) is 0 Å². The van der Waals surface area contributed by atoms with E-state index in [0.717, 1.165) is 37.5 Å². The molecular formula is C27H35Cl2N3O4S. The van der Waals surface area contributed by atoms with Crippen molar-refractivity contribution >= 4 is 50.7 Å². The molecule has 0 heterocycles. The summed E-state index contributed by atoms with van der Waals surface area (Å²) in [6.45, 7) is 3.83. The van der Waals surface area contributed by atoms with Crippen LogP contribution in [-0.4, -0.2) is 50.0 Å². The van der Waals surface area contributed by atoms with E-state index < -0.39 is 16.1 Å². The molecule has 0 spiro atoms. The maximum Gasteiger partial charge on any atom is 0.242 e. The first-order valence-corrected chi connectivity index (χ1v) is 15.1. The minimum absolute atomic E-state index is 0.0565. The summed E-state index contributed by atoms with van der Waals surface area (Å²) >= 11 is 12.8. The van der Waals surface area contributed by atoms with E-state index in [-0.39, 0.29) is 43.8 Å². The molecule has 0 saturated heterocycles. The van der Waals surface area contributed by atoms with Gasteiger partial charge in [0.05, 0.1) is 11.9 Å². The van der Waals surface area contributed by atoms with Gasteiger partial charge in [-0.15, -0.1) is 0 Å². The summed E-state index contributed by atoms with van der Waals surface area (Å²) < 4.78 is 26.2. The molecule has 1 fully saturated rings. The van der Waals surface area contributed by atoms with Crippen molar-refractivity contribution in [2.75, 3.05) is 17.1 Å². The van der Waals surface area contributed by atoms with E-state index in [1.54, 1.807) is 37.3 Å². The van der Waals surface area contributed by atoms with Crippen LogP contribution < -0.4 is 9.62 Å². The SMILES string of the molecule is Cc1ccc(N(CCCC(=O)N(Cc2c(Cl)cccc2Cl)C(C)C(=O)NC2CCCC2)S(C)(=O)=O)cc1. The number of anilines is 1. The molecule has 3 rings (SSSR count). The second-order valence-corrected chi connectivity index (χ2v) is 12.4. The molecule has 37 heavy (non-hydrogen) atoms. The smallest absolute Gasteiger partial charge is 0.242 e. The minimum atomic E-state index is -3.54. The lowest BCUT2D eigenvalue weighted by molar-refractivity contribution is -0.140. The number of hydrogen-bond acceptors (Lipinski definition) is 4. The van der Waals surface area contributed by atoms with Gasteiger partial charge in [-0.2, -0.15) is 0 Å². The van der Waals surface area contributed by atoms with Gasteiger partial charge in [0.2, 0.25) is 21.8 Å². The lowest BCUT2D eigenvalue weighted by atomic mass is 10.1. The molecule has 2 amide bonds. The van der Waals surface area contributed by atoms with E-state index in [0.29, 0.717) is 21.3 Å². The first-order valence-electron chi connectivity index (χ1n) is 12.5. The second-order valence-electron chi connectivity index (χ2n) is 9.66. The van der Waals surface area contributed by atoms with Gasteiger partial charge >= 0.3 is 0 Å². The predicted octanol–water partition coefficient (Wildman–Crippen LogP) is 5.32. The highest BCUT2D eigenvalue weighted by Crippen LogP contribution is 2.27. The van der Waals surface area contributed by atoms with Crippen molar-refractivity contribution < 1.29 is 18.0 Å². The molecule has 0 radical (unpaired) electrons. The normalized spacial score (nSPS) is 14.8. The van der Waals surface area contributed by atoms with Crippen LogP contribution in [0.4, 0.5) is 5.69 Å². The highest BCUT2D eigenvalue weighted by atomic mass is 35.5. The van der Waals surface area contributed by atoms with Crippen molar-refractivity contribution in [3.63, 3.8) is 0 Å². The highest BCUT2D eigenvalue weighted by Gasteiger charge is 2.29. The maximum absolute atomic E-state index is 13.5. The van der Waals surface area contributed by atoms with E-state index in [4.69, 9.17) is 23.2 Å². The number of benzene rings is 2. The number of aryl methyl sites for hydroxylation is 1. The second kappa shape index (κ2) is 13.0. The Bertz CT molecular complexity index is 1180. The third kappa shape index (κ3) is 8.09. The number of rotatable bonds is 11. The van der Waals surface area contributed by atoms with Crippen LogP contribution in [0, 0.1) is 6.92 Å². The number of nitrogens with zero attached hydrogens (tertiary/aromatic N) is 2.